The topological polar surface area (TPSA) is 47.9 Å². The second-order valence-corrected chi connectivity index (χ2v) is 7.16. The Balaban J connectivity index is 3.55. The predicted molar refractivity (Wildman–Crippen MR) is 84.9 cm³/mol. The Morgan fingerprint density at radius 2 is 1.43 bits per heavy atom. The summed E-state index contributed by atoms with van der Waals surface area (Å²) in [5.41, 5.74) is 0.596. The maximum absolute atomic E-state index is 10.5. The normalized spacial score (nSPS) is 12.2. The number of methoxy groups -OCH3 is 3. The van der Waals surface area contributed by atoms with Gasteiger partial charge in [0.2, 0.25) is 5.75 Å². The molecule has 21 heavy (non-hydrogen) atoms. The number of ether oxygens (including phenoxy) is 3. The minimum absolute atomic E-state index is 0.119. The fourth-order valence-electron chi connectivity index (χ4n) is 3.21. The molecule has 0 fully saturated rings. The first-order valence-electron chi connectivity index (χ1n) is 7.10. The third-order valence-corrected chi connectivity index (χ3v) is 3.46. The zero-order valence-corrected chi connectivity index (χ0v) is 14.5. The lowest BCUT2D eigenvalue weighted by atomic mass is 9.71. The zero-order valence-electron chi connectivity index (χ0n) is 14.5. The van der Waals surface area contributed by atoms with Crippen LogP contribution in [0.25, 0.3) is 0 Å². The van der Waals surface area contributed by atoms with Crippen molar-refractivity contribution in [2.45, 2.75) is 46.5 Å². The Hall–Kier alpha value is -1.58. The van der Waals surface area contributed by atoms with E-state index in [4.69, 9.17) is 14.2 Å². The fourth-order valence-corrected chi connectivity index (χ4v) is 3.21. The van der Waals surface area contributed by atoms with Crippen molar-refractivity contribution >= 4 is 0 Å². The summed E-state index contributed by atoms with van der Waals surface area (Å²) in [6.07, 6.45) is 0.888. The Morgan fingerprint density at radius 1 is 0.905 bits per heavy atom. The standard InChI is InChI=1S/C17H28O4/c1-16(2,3)10-17(4,5)13-11(18)9-12(19-6)14(20-7)15(13)21-8/h9,18H,10H2,1-8H3. The van der Waals surface area contributed by atoms with Crippen molar-refractivity contribution in [1.29, 1.82) is 0 Å². The summed E-state index contributed by atoms with van der Waals surface area (Å²) in [5, 5.41) is 10.5. The van der Waals surface area contributed by atoms with E-state index in [1.54, 1.807) is 20.3 Å². The molecule has 0 bridgehead atoms. The van der Waals surface area contributed by atoms with Gasteiger partial charge < -0.3 is 19.3 Å². The summed E-state index contributed by atoms with van der Waals surface area (Å²) >= 11 is 0. The lowest BCUT2D eigenvalue weighted by Gasteiger charge is -2.34. The van der Waals surface area contributed by atoms with E-state index >= 15 is 0 Å². The van der Waals surface area contributed by atoms with Gasteiger partial charge in [0, 0.05) is 11.6 Å². The van der Waals surface area contributed by atoms with Gasteiger partial charge in [-0.3, -0.25) is 0 Å². The molecule has 0 aromatic heterocycles. The van der Waals surface area contributed by atoms with Gasteiger partial charge in [0.25, 0.3) is 0 Å². The van der Waals surface area contributed by atoms with Crippen LogP contribution in [0.5, 0.6) is 23.0 Å². The molecule has 4 heteroatoms. The van der Waals surface area contributed by atoms with Crippen LogP contribution >= 0.6 is 0 Å². The van der Waals surface area contributed by atoms with Crippen LogP contribution in [-0.2, 0) is 5.41 Å². The van der Waals surface area contributed by atoms with Crippen molar-refractivity contribution in [1.82, 2.24) is 0 Å². The number of benzene rings is 1. The van der Waals surface area contributed by atoms with Gasteiger partial charge in [0.15, 0.2) is 11.5 Å². The molecule has 1 aromatic carbocycles. The maximum Gasteiger partial charge on any atom is 0.203 e. The molecule has 0 saturated heterocycles. The average molecular weight is 296 g/mol. The molecule has 4 nitrogen and oxygen atoms in total. The number of rotatable bonds is 5. The van der Waals surface area contributed by atoms with Crippen molar-refractivity contribution in [2.24, 2.45) is 5.41 Å². The van der Waals surface area contributed by atoms with Gasteiger partial charge in [0.1, 0.15) is 5.75 Å². The Labute approximate surface area is 128 Å². The molecule has 0 spiro atoms. The number of phenolic OH excluding ortho intramolecular Hbond substituents is 1. The minimum atomic E-state index is -0.271. The molecule has 0 atom stereocenters. The minimum Gasteiger partial charge on any atom is -0.507 e. The highest BCUT2D eigenvalue weighted by molar-refractivity contribution is 5.63. The van der Waals surface area contributed by atoms with Crippen LogP contribution in [0.4, 0.5) is 0 Å². The van der Waals surface area contributed by atoms with Crippen LogP contribution in [0.15, 0.2) is 6.07 Å². The molecule has 0 saturated carbocycles. The number of hydrogen-bond donors (Lipinski definition) is 1. The van der Waals surface area contributed by atoms with Crippen LogP contribution in [0.2, 0.25) is 0 Å². The number of hydrogen-bond acceptors (Lipinski definition) is 4. The first-order valence-corrected chi connectivity index (χ1v) is 7.10. The van der Waals surface area contributed by atoms with Crippen molar-refractivity contribution in [2.75, 3.05) is 21.3 Å². The molecule has 0 amide bonds. The molecular formula is C17H28O4. The Bertz CT molecular complexity index is 498. The van der Waals surface area contributed by atoms with Crippen LogP contribution in [0, 0.1) is 5.41 Å². The van der Waals surface area contributed by atoms with E-state index in [0.717, 1.165) is 12.0 Å². The molecule has 1 rings (SSSR count). The number of aromatic hydroxyl groups is 1. The van der Waals surface area contributed by atoms with Crippen LogP contribution in [-0.4, -0.2) is 26.4 Å². The largest absolute Gasteiger partial charge is 0.507 e. The lowest BCUT2D eigenvalue weighted by Crippen LogP contribution is -2.25. The van der Waals surface area contributed by atoms with Gasteiger partial charge >= 0.3 is 0 Å². The van der Waals surface area contributed by atoms with Crippen molar-refractivity contribution < 1.29 is 19.3 Å². The Morgan fingerprint density at radius 3 is 1.81 bits per heavy atom. The van der Waals surface area contributed by atoms with Gasteiger partial charge in [-0.2, -0.15) is 0 Å². The molecule has 0 unspecified atom stereocenters. The number of phenols is 1. The van der Waals surface area contributed by atoms with E-state index in [1.165, 1.54) is 7.11 Å². The molecule has 0 radical (unpaired) electrons. The lowest BCUT2D eigenvalue weighted by molar-refractivity contribution is 0.263. The molecule has 120 valence electrons. The zero-order chi connectivity index (χ0) is 16.4. The fraction of sp³-hybridized carbons (Fsp3) is 0.647. The second-order valence-electron chi connectivity index (χ2n) is 7.16. The molecule has 0 aliphatic rings. The van der Waals surface area contributed by atoms with Crippen LogP contribution < -0.4 is 14.2 Å². The molecular weight excluding hydrogens is 268 g/mol. The first-order chi connectivity index (χ1) is 9.57. The molecule has 1 aromatic rings. The molecule has 0 aliphatic carbocycles. The van der Waals surface area contributed by atoms with Gasteiger partial charge in [-0.25, -0.2) is 0 Å². The summed E-state index contributed by atoms with van der Waals surface area (Å²) in [6, 6.07) is 1.58. The third kappa shape index (κ3) is 3.74. The predicted octanol–water partition coefficient (Wildman–Crippen LogP) is 4.13. The van der Waals surface area contributed by atoms with E-state index in [2.05, 4.69) is 34.6 Å². The Kier molecular flexibility index (Phi) is 5.03. The monoisotopic (exact) mass is 296 g/mol. The second kappa shape index (κ2) is 6.04. The third-order valence-electron chi connectivity index (χ3n) is 3.46. The smallest absolute Gasteiger partial charge is 0.203 e. The summed E-state index contributed by atoms with van der Waals surface area (Å²) in [5.74, 6) is 1.67. The summed E-state index contributed by atoms with van der Waals surface area (Å²) in [7, 11) is 4.68. The van der Waals surface area contributed by atoms with Crippen molar-refractivity contribution in [3.8, 4) is 23.0 Å². The van der Waals surface area contributed by atoms with E-state index in [9.17, 15) is 5.11 Å². The SMILES string of the molecule is COc1cc(O)c(C(C)(C)CC(C)(C)C)c(OC)c1OC. The highest BCUT2D eigenvalue weighted by atomic mass is 16.5. The molecule has 0 aliphatic heterocycles. The van der Waals surface area contributed by atoms with Crippen LogP contribution in [0.3, 0.4) is 0 Å². The summed E-state index contributed by atoms with van der Waals surface area (Å²) in [6.45, 7) is 10.7. The van der Waals surface area contributed by atoms with Crippen LogP contribution in [0.1, 0.15) is 46.6 Å². The van der Waals surface area contributed by atoms with Gasteiger partial charge in [-0.15, -0.1) is 0 Å². The first kappa shape index (κ1) is 17.5. The summed E-state index contributed by atoms with van der Waals surface area (Å²) in [4.78, 5) is 0. The average Bonchev–Trinajstić information content (AvgIpc) is 2.33. The summed E-state index contributed by atoms with van der Waals surface area (Å²) < 4.78 is 16.2. The van der Waals surface area contributed by atoms with E-state index in [0.29, 0.717) is 17.2 Å². The highest BCUT2D eigenvalue weighted by Gasteiger charge is 2.35. The molecule has 1 N–H and O–H groups in total. The van der Waals surface area contributed by atoms with Gasteiger partial charge in [-0.05, 0) is 17.3 Å². The van der Waals surface area contributed by atoms with Gasteiger partial charge in [0.05, 0.1) is 21.3 Å². The van der Waals surface area contributed by atoms with Crippen molar-refractivity contribution in [3.05, 3.63) is 11.6 Å². The maximum atomic E-state index is 10.5. The highest BCUT2D eigenvalue weighted by Crippen LogP contribution is 2.51. The van der Waals surface area contributed by atoms with E-state index < -0.39 is 0 Å². The quantitative estimate of drug-likeness (QED) is 0.887. The van der Waals surface area contributed by atoms with Gasteiger partial charge in [-0.1, -0.05) is 34.6 Å². The van der Waals surface area contributed by atoms with E-state index in [-0.39, 0.29) is 16.6 Å². The molecule has 0 heterocycles. The van der Waals surface area contributed by atoms with E-state index in [1.807, 2.05) is 0 Å². The van der Waals surface area contributed by atoms with Crippen molar-refractivity contribution in [3.63, 3.8) is 0 Å².